The molecule has 0 bridgehead atoms. The van der Waals surface area contributed by atoms with Crippen LogP contribution in [0.25, 0.3) is 0 Å². The van der Waals surface area contributed by atoms with Crippen molar-refractivity contribution in [3.8, 4) is 5.75 Å². The lowest BCUT2D eigenvalue weighted by atomic mass is 10.3. The summed E-state index contributed by atoms with van der Waals surface area (Å²) in [5.41, 5.74) is 0. The van der Waals surface area contributed by atoms with Crippen LogP contribution in [0.4, 0.5) is 13.2 Å². The largest absolute Gasteiger partial charge is 0.489 e. The molecule has 0 spiro atoms. The van der Waals surface area contributed by atoms with Crippen LogP contribution in [0.2, 0.25) is 25.1 Å². The van der Waals surface area contributed by atoms with Gasteiger partial charge in [-0.1, -0.05) is 58.0 Å². The molecule has 1 aromatic rings. The molecule has 0 aliphatic carbocycles. The molecule has 0 atom stereocenters. The maximum absolute atomic E-state index is 11.9. The van der Waals surface area contributed by atoms with E-state index in [-0.39, 0.29) is 44.0 Å². The Balaban J connectivity index is 2.66. The Labute approximate surface area is 138 Å². The fourth-order valence-corrected chi connectivity index (χ4v) is 2.40. The van der Waals surface area contributed by atoms with Crippen LogP contribution in [0.3, 0.4) is 0 Å². The molecule has 0 aliphatic heterocycles. The lowest BCUT2D eigenvalue weighted by molar-refractivity contribution is -0.124. The zero-order chi connectivity index (χ0) is 15.5. The molecule has 0 amide bonds. The van der Waals surface area contributed by atoms with Crippen molar-refractivity contribution in [3.05, 3.63) is 25.1 Å². The first-order valence-corrected chi connectivity index (χ1v) is 6.96. The number of hydrogen-bond acceptors (Lipinski definition) is 2. The summed E-state index contributed by atoms with van der Waals surface area (Å²) in [6.07, 6.45) is -4.29. The third-order valence-corrected chi connectivity index (χ3v) is 4.26. The Bertz CT molecular complexity index is 466. The topological polar surface area (TPSA) is 21.3 Å². The van der Waals surface area contributed by atoms with Crippen LogP contribution in [0.1, 0.15) is 0 Å². The fraction of sp³-hybridized carbons (Fsp3) is 0.400. The van der Waals surface area contributed by atoms with Crippen LogP contribution < -0.4 is 10.1 Å². The van der Waals surface area contributed by atoms with Crippen LogP contribution in [-0.2, 0) is 0 Å². The summed E-state index contributed by atoms with van der Waals surface area (Å²) in [5.74, 6) is -0.0263. The summed E-state index contributed by atoms with van der Waals surface area (Å²) in [7, 11) is 0. The number of rotatable bonds is 5. The zero-order valence-electron chi connectivity index (χ0n) is 9.55. The number of halogens is 8. The first-order valence-electron chi connectivity index (χ1n) is 5.07. The minimum atomic E-state index is -4.29. The van der Waals surface area contributed by atoms with Crippen molar-refractivity contribution < 1.29 is 17.9 Å². The molecule has 0 aromatic heterocycles. The van der Waals surface area contributed by atoms with E-state index in [0.717, 1.165) is 0 Å². The second-order valence-corrected chi connectivity index (χ2v) is 5.43. The Kier molecular flexibility index (Phi) is 6.83. The molecule has 0 fully saturated rings. The van der Waals surface area contributed by atoms with E-state index in [4.69, 9.17) is 62.7 Å². The number of nitrogens with one attached hydrogen (secondary N) is 1. The molecule has 0 unspecified atom stereocenters. The van der Waals surface area contributed by atoms with Crippen LogP contribution in [0.5, 0.6) is 5.75 Å². The summed E-state index contributed by atoms with van der Waals surface area (Å²) in [5, 5.41) is 1.94. The summed E-state index contributed by atoms with van der Waals surface area (Å²) < 4.78 is 40.8. The maximum Gasteiger partial charge on any atom is 0.401 e. The summed E-state index contributed by atoms with van der Waals surface area (Å²) in [6.45, 7) is -1.30. The van der Waals surface area contributed by atoms with E-state index in [9.17, 15) is 13.2 Å². The van der Waals surface area contributed by atoms with Gasteiger partial charge in [0.2, 0.25) is 0 Å². The van der Waals surface area contributed by atoms with Gasteiger partial charge in [0.1, 0.15) is 16.7 Å². The van der Waals surface area contributed by atoms with Gasteiger partial charge in [0.25, 0.3) is 0 Å². The molecule has 0 heterocycles. The standard InChI is InChI=1S/C10H7Cl5F3NO/c11-4-5(12)7(14)9(8(15)6(4)13)20-2-1-19-3-10(16,17)18/h19H,1-3H2. The molecule has 2 nitrogen and oxygen atoms in total. The highest BCUT2D eigenvalue weighted by Crippen LogP contribution is 2.48. The van der Waals surface area contributed by atoms with Gasteiger partial charge in [-0.25, -0.2) is 0 Å². The van der Waals surface area contributed by atoms with Crippen LogP contribution >= 0.6 is 58.0 Å². The van der Waals surface area contributed by atoms with Crippen molar-refractivity contribution in [1.82, 2.24) is 5.32 Å². The summed E-state index contributed by atoms with van der Waals surface area (Å²) in [6, 6.07) is 0. The molecular formula is C10H7Cl5F3NO. The number of ether oxygens (including phenoxy) is 1. The highest BCUT2D eigenvalue weighted by atomic mass is 35.5. The lowest BCUT2D eigenvalue weighted by Gasteiger charge is -2.14. The van der Waals surface area contributed by atoms with E-state index in [1.165, 1.54) is 0 Å². The maximum atomic E-state index is 11.9. The molecule has 1 rings (SSSR count). The average molecular weight is 391 g/mol. The second kappa shape index (κ2) is 7.47. The van der Waals surface area contributed by atoms with Crippen LogP contribution in [-0.4, -0.2) is 25.9 Å². The van der Waals surface area contributed by atoms with E-state index < -0.39 is 12.7 Å². The lowest BCUT2D eigenvalue weighted by Crippen LogP contribution is -2.31. The third kappa shape index (κ3) is 4.90. The average Bonchev–Trinajstić information content (AvgIpc) is 2.36. The van der Waals surface area contributed by atoms with Crippen molar-refractivity contribution in [2.24, 2.45) is 0 Å². The SMILES string of the molecule is FC(F)(F)CNCCOc1c(Cl)c(Cl)c(Cl)c(Cl)c1Cl. The Morgan fingerprint density at radius 3 is 1.75 bits per heavy atom. The normalized spacial score (nSPS) is 11.8. The molecule has 1 aromatic carbocycles. The molecule has 0 saturated carbocycles. The van der Waals surface area contributed by atoms with Gasteiger partial charge < -0.3 is 10.1 Å². The van der Waals surface area contributed by atoms with Gasteiger partial charge in [-0.15, -0.1) is 0 Å². The van der Waals surface area contributed by atoms with Gasteiger partial charge in [-0.3, -0.25) is 0 Å². The monoisotopic (exact) mass is 389 g/mol. The second-order valence-electron chi connectivity index (χ2n) is 3.54. The van der Waals surface area contributed by atoms with Gasteiger partial charge >= 0.3 is 6.18 Å². The molecule has 0 saturated heterocycles. The minimum Gasteiger partial charge on any atom is -0.489 e. The van der Waals surface area contributed by atoms with E-state index in [1.54, 1.807) is 0 Å². The van der Waals surface area contributed by atoms with E-state index in [1.807, 2.05) is 0 Å². The predicted molar refractivity (Wildman–Crippen MR) is 75.9 cm³/mol. The zero-order valence-corrected chi connectivity index (χ0v) is 13.3. The molecular weight excluding hydrogens is 384 g/mol. The van der Waals surface area contributed by atoms with Crippen molar-refractivity contribution in [2.75, 3.05) is 19.7 Å². The van der Waals surface area contributed by atoms with Gasteiger partial charge in [0, 0.05) is 6.54 Å². The van der Waals surface area contributed by atoms with Gasteiger partial charge in [-0.2, -0.15) is 13.2 Å². The third-order valence-electron chi connectivity index (χ3n) is 2.02. The van der Waals surface area contributed by atoms with Crippen molar-refractivity contribution in [1.29, 1.82) is 0 Å². The summed E-state index contributed by atoms with van der Waals surface area (Å²) in [4.78, 5) is 0. The van der Waals surface area contributed by atoms with Crippen LogP contribution in [0, 0.1) is 0 Å². The molecule has 0 radical (unpaired) electrons. The van der Waals surface area contributed by atoms with E-state index in [0.29, 0.717) is 0 Å². The fourth-order valence-electron chi connectivity index (χ4n) is 1.17. The number of benzene rings is 1. The van der Waals surface area contributed by atoms with Gasteiger partial charge in [0.05, 0.1) is 21.6 Å². The quantitative estimate of drug-likeness (QED) is 0.407. The van der Waals surface area contributed by atoms with Crippen molar-refractivity contribution in [3.63, 3.8) is 0 Å². The van der Waals surface area contributed by atoms with E-state index in [2.05, 4.69) is 5.32 Å². The summed E-state index contributed by atoms with van der Waals surface area (Å²) >= 11 is 29.1. The Hall–Kier alpha value is 0.220. The minimum absolute atomic E-state index is 0.0223. The molecule has 1 N–H and O–H groups in total. The molecule has 10 heteroatoms. The Morgan fingerprint density at radius 2 is 1.30 bits per heavy atom. The van der Waals surface area contributed by atoms with E-state index >= 15 is 0 Å². The Morgan fingerprint density at radius 1 is 0.850 bits per heavy atom. The molecule has 114 valence electrons. The first-order chi connectivity index (χ1) is 9.15. The molecule has 20 heavy (non-hydrogen) atoms. The molecule has 0 aliphatic rings. The highest BCUT2D eigenvalue weighted by molar-refractivity contribution is 6.55. The van der Waals surface area contributed by atoms with Crippen LogP contribution in [0.15, 0.2) is 0 Å². The van der Waals surface area contributed by atoms with Crippen molar-refractivity contribution >= 4 is 58.0 Å². The highest BCUT2D eigenvalue weighted by Gasteiger charge is 2.26. The first kappa shape index (κ1) is 18.3. The van der Waals surface area contributed by atoms with Crippen molar-refractivity contribution in [2.45, 2.75) is 6.18 Å². The smallest absolute Gasteiger partial charge is 0.401 e. The number of hydrogen-bond donors (Lipinski definition) is 1. The van der Waals surface area contributed by atoms with Gasteiger partial charge in [-0.05, 0) is 0 Å². The number of alkyl halides is 3. The predicted octanol–water partition coefficient (Wildman–Crippen LogP) is 5.48. The van der Waals surface area contributed by atoms with Gasteiger partial charge in [0.15, 0.2) is 5.75 Å².